The number of rotatable bonds is 7. The third-order valence-electron chi connectivity index (χ3n) is 6.48. The fourth-order valence-corrected chi connectivity index (χ4v) is 4.21. The zero-order valence-corrected chi connectivity index (χ0v) is 21.8. The van der Waals surface area contributed by atoms with Crippen LogP contribution < -0.4 is 0 Å². The number of hydrogen-bond donors (Lipinski definition) is 1. The summed E-state index contributed by atoms with van der Waals surface area (Å²) in [6.45, 7) is 13.6. The van der Waals surface area contributed by atoms with Gasteiger partial charge in [-0.05, 0) is 50.8 Å². The Bertz CT molecular complexity index is 990. The Kier molecular flexibility index (Phi) is 8.40. The molecule has 0 aliphatic carbocycles. The molecule has 192 valence electrons. The van der Waals surface area contributed by atoms with E-state index in [1.165, 1.54) is 0 Å². The number of nitrogens with zero attached hydrogens (tertiary/aromatic N) is 5. The standard InChI is InChI=1S/C26H39N5O4/c1-7-18(2)23(24(33)29-12-14-30(15-13-29)25(34)35-26(4,5)6)31-17-22(27-28-31)19(3)16-20-8-10-21(32)11-9-20/h8-11,17-19,23,32H,7,12-16H2,1-6H3/t18-,19-,23-/m0/s1. The predicted molar refractivity (Wildman–Crippen MR) is 133 cm³/mol. The predicted octanol–water partition coefficient (Wildman–Crippen LogP) is 4.00. The zero-order valence-electron chi connectivity index (χ0n) is 21.8. The number of carbonyl (C=O) groups is 2. The van der Waals surface area contributed by atoms with Gasteiger partial charge in [0.15, 0.2) is 0 Å². The Morgan fingerprint density at radius 3 is 2.23 bits per heavy atom. The highest BCUT2D eigenvalue weighted by Crippen LogP contribution is 2.26. The van der Waals surface area contributed by atoms with Crippen LogP contribution in [0.1, 0.15) is 71.2 Å². The molecule has 1 N–H and O–H groups in total. The summed E-state index contributed by atoms with van der Waals surface area (Å²) < 4.78 is 7.18. The van der Waals surface area contributed by atoms with Crippen LogP contribution in [0.15, 0.2) is 30.5 Å². The molecule has 1 saturated heterocycles. The van der Waals surface area contributed by atoms with E-state index in [0.717, 1.165) is 24.1 Å². The van der Waals surface area contributed by atoms with Crippen molar-refractivity contribution in [3.05, 3.63) is 41.7 Å². The van der Waals surface area contributed by atoms with E-state index in [2.05, 4.69) is 31.1 Å². The molecule has 1 aromatic heterocycles. The number of phenolic OH excluding ortho intramolecular Hbond substituents is 1. The van der Waals surface area contributed by atoms with Crippen LogP contribution in [0.2, 0.25) is 0 Å². The summed E-state index contributed by atoms with van der Waals surface area (Å²) in [4.78, 5) is 29.4. The second-order valence-electron chi connectivity index (χ2n) is 10.5. The molecule has 2 aromatic rings. The second-order valence-corrected chi connectivity index (χ2v) is 10.5. The fraction of sp³-hybridized carbons (Fsp3) is 0.615. The summed E-state index contributed by atoms with van der Waals surface area (Å²) in [5.74, 6) is 0.437. The van der Waals surface area contributed by atoms with Gasteiger partial charge in [0.25, 0.3) is 0 Å². The molecule has 2 amide bonds. The second kappa shape index (κ2) is 11.1. The Hall–Kier alpha value is -3.10. The monoisotopic (exact) mass is 485 g/mol. The third kappa shape index (κ3) is 6.96. The number of amides is 2. The molecule has 1 fully saturated rings. The average Bonchev–Trinajstić information content (AvgIpc) is 3.29. The highest BCUT2D eigenvalue weighted by atomic mass is 16.6. The van der Waals surface area contributed by atoms with E-state index in [1.807, 2.05) is 44.0 Å². The fourth-order valence-electron chi connectivity index (χ4n) is 4.21. The number of phenols is 1. The van der Waals surface area contributed by atoms with Gasteiger partial charge < -0.3 is 19.6 Å². The van der Waals surface area contributed by atoms with E-state index < -0.39 is 11.6 Å². The first-order valence-corrected chi connectivity index (χ1v) is 12.4. The molecule has 1 aliphatic heterocycles. The molecule has 0 unspecified atom stereocenters. The number of aromatic nitrogens is 3. The normalized spacial score (nSPS) is 17.1. The van der Waals surface area contributed by atoms with E-state index >= 15 is 0 Å². The summed E-state index contributed by atoms with van der Waals surface area (Å²) in [5, 5.41) is 18.3. The number of carbonyl (C=O) groups excluding carboxylic acids is 2. The van der Waals surface area contributed by atoms with Gasteiger partial charge in [-0.3, -0.25) is 4.79 Å². The van der Waals surface area contributed by atoms with Gasteiger partial charge in [-0.25, -0.2) is 9.48 Å². The largest absolute Gasteiger partial charge is 0.508 e. The van der Waals surface area contributed by atoms with Crippen LogP contribution >= 0.6 is 0 Å². The minimum Gasteiger partial charge on any atom is -0.508 e. The maximum absolute atomic E-state index is 13.6. The van der Waals surface area contributed by atoms with Crippen LogP contribution in [-0.4, -0.2) is 73.7 Å². The van der Waals surface area contributed by atoms with Crippen molar-refractivity contribution in [2.24, 2.45) is 5.92 Å². The first-order valence-electron chi connectivity index (χ1n) is 12.4. The minimum atomic E-state index is -0.546. The molecule has 35 heavy (non-hydrogen) atoms. The van der Waals surface area contributed by atoms with Crippen molar-refractivity contribution < 1.29 is 19.4 Å². The summed E-state index contributed by atoms with van der Waals surface area (Å²) in [6, 6.07) is 6.71. The van der Waals surface area contributed by atoms with Crippen LogP contribution in [-0.2, 0) is 16.0 Å². The summed E-state index contributed by atoms with van der Waals surface area (Å²) >= 11 is 0. The van der Waals surface area contributed by atoms with Crippen molar-refractivity contribution in [1.29, 1.82) is 0 Å². The third-order valence-corrected chi connectivity index (χ3v) is 6.48. The number of ether oxygens (including phenoxy) is 1. The van der Waals surface area contributed by atoms with E-state index in [4.69, 9.17) is 4.74 Å². The SMILES string of the molecule is CC[C@H](C)[C@@H](C(=O)N1CCN(C(=O)OC(C)(C)C)CC1)n1cc([C@@H](C)Cc2ccc(O)cc2)nn1. The van der Waals surface area contributed by atoms with Crippen molar-refractivity contribution in [2.45, 2.75) is 71.9 Å². The first-order chi connectivity index (χ1) is 16.5. The van der Waals surface area contributed by atoms with Gasteiger partial charge in [-0.2, -0.15) is 0 Å². The van der Waals surface area contributed by atoms with Crippen LogP contribution in [0.5, 0.6) is 5.75 Å². The quantitative estimate of drug-likeness (QED) is 0.636. The lowest BCUT2D eigenvalue weighted by atomic mass is 9.96. The Balaban J connectivity index is 1.67. The van der Waals surface area contributed by atoms with E-state index in [-0.39, 0.29) is 29.6 Å². The van der Waals surface area contributed by atoms with Crippen molar-refractivity contribution in [2.75, 3.05) is 26.2 Å². The van der Waals surface area contributed by atoms with Gasteiger partial charge in [-0.1, -0.05) is 44.5 Å². The summed E-state index contributed by atoms with van der Waals surface area (Å²) in [6.07, 6.45) is 3.13. The van der Waals surface area contributed by atoms with Crippen molar-refractivity contribution in [3.8, 4) is 5.75 Å². The molecule has 1 aliphatic rings. The smallest absolute Gasteiger partial charge is 0.410 e. The molecule has 0 radical (unpaired) electrons. The lowest BCUT2D eigenvalue weighted by molar-refractivity contribution is -0.138. The molecule has 0 saturated carbocycles. The number of piperazine rings is 1. The van der Waals surface area contributed by atoms with Crippen LogP contribution in [0.4, 0.5) is 4.79 Å². The molecule has 9 nitrogen and oxygen atoms in total. The van der Waals surface area contributed by atoms with Gasteiger partial charge in [0, 0.05) is 38.3 Å². The average molecular weight is 486 g/mol. The van der Waals surface area contributed by atoms with Gasteiger partial charge in [0.05, 0.1) is 5.69 Å². The number of hydrogen-bond acceptors (Lipinski definition) is 6. The van der Waals surface area contributed by atoms with Gasteiger partial charge >= 0.3 is 6.09 Å². The Morgan fingerprint density at radius 2 is 1.66 bits per heavy atom. The Labute approximate surface area is 208 Å². The number of benzene rings is 1. The molecule has 3 rings (SSSR count). The highest BCUT2D eigenvalue weighted by Gasteiger charge is 2.34. The van der Waals surface area contributed by atoms with Crippen molar-refractivity contribution >= 4 is 12.0 Å². The summed E-state index contributed by atoms with van der Waals surface area (Å²) in [7, 11) is 0. The van der Waals surface area contributed by atoms with E-state index in [9.17, 15) is 14.7 Å². The topological polar surface area (TPSA) is 101 Å². The Morgan fingerprint density at radius 1 is 1.06 bits per heavy atom. The molecule has 3 atom stereocenters. The highest BCUT2D eigenvalue weighted by molar-refractivity contribution is 5.81. The van der Waals surface area contributed by atoms with Crippen LogP contribution in [0.25, 0.3) is 0 Å². The van der Waals surface area contributed by atoms with Gasteiger partial charge in [0.2, 0.25) is 5.91 Å². The molecule has 9 heteroatoms. The van der Waals surface area contributed by atoms with E-state index in [0.29, 0.717) is 26.2 Å². The van der Waals surface area contributed by atoms with Gasteiger partial charge in [0.1, 0.15) is 17.4 Å². The maximum Gasteiger partial charge on any atom is 0.410 e. The number of aromatic hydroxyl groups is 1. The van der Waals surface area contributed by atoms with Crippen LogP contribution in [0.3, 0.4) is 0 Å². The van der Waals surface area contributed by atoms with E-state index in [1.54, 1.807) is 21.7 Å². The molecule has 2 heterocycles. The first kappa shape index (κ1) is 26.5. The molecular weight excluding hydrogens is 446 g/mol. The van der Waals surface area contributed by atoms with Crippen molar-refractivity contribution in [3.63, 3.8) is 0 Å². The molecule has 0 bridgehead atoms. The van der Waals surface area contributed by atoms with Crippen molar-refractivity contribution in [1.82, 2.24) is 24.8 Å². The van der Waals surface area contributed by atoms with Crippen LogP contribution in [0, 0.1) is 5.92 Å². The summed E-state index contributed by atoms with van der Waals surface area (Å²) in [5.41, 5.74) is 1.38. The molecular formula is C26H39N5O4. The zero-order chi connectivity index (χ0) is 25.8. The maximum atomic E-state index is 13.6. The molecule has 1 aromatic carbocycles. The minimum absolute atomic E-state index is 0.00539. The van der Waals surface area contributed by atoms with Gasteiger partial charge in [-0.15, -0.1) is 5.10 Å². The lowest BCUT2D eigenvalue weighted by Crippen LogP contribution is -2.53. The molecule has 0 spiro atoms. The lowest BCUT2D eigenvalue weighted by Gasteiger charge is -2.37.